The standard InChI is InChI=1S/C19H24N4O3/c1-21-17(24)12-14(18(25)26)19(21)6-8-22(9-7-19)10-11-23-13-20-15-4-2-3-5-16(15)23/h2-5,13-14H,6-12H2,1H3,(H,25,26). The molecule has 26 heavy (non-hydrogen) atoms. The zero-order chi connectivity index (χ0) is 18.3. The molecule has 2 saturated heterocycles. The zero-order valence-corrected chi connectivity index (χ0v) is 15.0. The molecule has 7 nitrogen and oxygen atoms in total. The minimum atomic E-state index is -0.846. The number of benzene rings is 1. The third kappa shape index (κ3) is 2.67. The van der Waals surface area contributed by atoms with Gasteiger partial charge in [-0.15, -0.1) is 0 Å². The molecule has 0 saturated carbocycles. The van der Waals surface area contributed by atoms with Gasteiger partial charge in [0.05, 0.1) is 28.8 Å². The molecular weight excluding hydrogens is 332 g/mol. The number of piperidine rings is 1. The summed E-state index contributed by atoms with van der Waals surface area (Å²) in [4.78, 5) is 32.2. The van der Waals surface area contributed by atoms with Crippen molar-refractivity contribution in [2.75, 3.05) is 26.7 Å². The highest BCUT2D eigenvalue weighted by molar-refractivity contribution is 5.88. The summed E-state index contributed by atoms with van der Waals surface area (Å²) >= 11 is 0. The van der Waals surface area contributed by atoms with Gasteiger partial charge in [-0.1, -0.05) is 12.1 Å². The Bertz CT molecular complexity index is 838. The van der Waals surface area contributed by atoms with Gasteiger partial charge >= 0.3 is 5.97 Å². The average molecular weight is 356 g/mol. The van der Waals surface area contributed by atoms with Crippen molar-refractivity contribution in [1.82, 2.24) is 19.4 Å². The Morgan fingerprint density at radius 2 is 2.00 bits per heavy atom. The quantitative estimate of drug-likeness (QED) is 0.897. The number of nitrogens with zero attached hydrogens (tertiary/aromatic N) is 4. The van der Waals surface area contributed by atoms with Gasteiger partial charge in [0.25, 0.3) is 0 Å². The lowest BCUT2D eigenvalue weighted by atomic mass is 9.77. The van der Waals surface area contributed by atoms with Gasteiger partial charge in [-0.25, -0.2) is 4.98 Å². The van der Waals surface area contributed by atoms with Crippen LogP contribution in [0.2, 0.25) is 0 Å². The number of carboxylic acid groups (broad SMARTS) is 1. The highest BCUT2D eigenvalue weighted by Gasteiger charge is 2.55. The van der Waals surface area contributed by atoms with Crippen molar-refractivity contribution in [2.24, 2.45) is 5.92 Å². The summed E-state index contributed by atoms with van der Waals surface area (Å²) < 4.78 is 2.16. The molecule has 1 amide bonds. The summed E-state index contributed by atoms with van der Waals surface area (Å²) in [6.07, 6.45) is 3.45. The van der Waals surface area contributed by atoms with Crippen LogP contribution in [0, 0.1) is 5.92 Å². The van der Waals surface area contributed by atoms with E-state index in [1.165, 1.54) is 0 Å². The third-order valence-corrected chi connectivity index (χ3v) is 6.27. The van der Waals surface area contributed by atoms with Crippen LogP contribution in [0.5, 0.6) is 0 Å². The van der Waals surface area contributed by atoms with Gasteiger partial charge in [-0.2, -0.15) is 0 Å². The number of amides is 1. The minimum absolute atomic E-state index is 0.0456. The molecule has 1 N–H and O–H groups in total. The van der Waals surface area contributed by atoms with Crippen LogP contribution in [0.15, 0.2) is 30.6 Å². The van der Waals surface area contributed by atoms with E-state index in [-0.39, 0.29) is 12.3 Å². The fourth-order valence-corrected chi connectivity index (χ4v) is 4.59. The second-order valence-electron chi connectivity index (χ2n) is 7.42. The van der Waals surface area contributed by atoms with Crippen LogP contribution in [0.4, 0.5) is 0 Å². The Labute approximate surface area is 152 Å². The second kappa shape index (κ2) is 6.39. The predicted octanol–water partition coefficient (Wildman–Crippen LogP) is 1.43. The molecule has 7 heteroatoms. The van der Waals surface area contributed by atoms with Crippen molar-refractivity contribution in [3.63, 3.8) is 0 Å². The number of carbonyl (C=O) groups excluding carboxylic acids is 1. The first-order valence-electron chi connectivity index (χ1n) is 9.13. The third-order valence-electron chi connectivity index (χ3n) is 6.27. The number of hydrogen-bond acceptors (Lipinski definition) is 4. The fourth-order valence-electron chi connectivity index (χ4n) is 4.59. The van der Waals surface area contributed by atoms with Crippen LogP contribution in [0.3, 0.4) is 0 Å². The molecule has 2 aliphatic rings. The number of rotatable bonds is 4. The van der Waals surface area contributed by atoms with Crippen LogP contribution < -0.4 is 0 Å². The van der Waals surface area contributed by atoms with E-state index in [2.05, 4.69) is 20.5 Å². The Kier molecular flexibility index (Phi) is 4.19. The average Bonchev–Trinajstić information content (AvgIpc) is 3.16. The monoisotopic (exact) mass is 356 g/mol. The number of carboxylic acids is 1. The van der Waals surface area contributed by atoms with Crippen LogP contribution in [-0.4, -0.2) is 68.6 Å². The number of imidazole rings is 1. The van der Waals surface area contributed by atoms with Gasteiger partial charge in [-0.05, 0) is 25.0 Å². The van der Waals surface area contributed by atoms with E-state index >= 15 is 0 Å². The van der Waals surface area contributed by atoms with Gasteiger partial charge in [0.1, 0.15) is 0 Å². The van der Waals surface area contributed by atoms with E-state index in [1.807, 2.05) is 24.5 Å². The number of carbonyl (C=O) groups is 2. The summed E-state index contributed by atoms with van der Waals surface area (Å²) in [6.45, 7) is 3.37. The van der Waals surface area contributed by atoms with Gasteiger partial charge in [0.2, 0.25) is 5.91 Å². The Hall–Kier alpha value is -2.41. The topological polar surface area (TPSA) is 78.7 Å². The molecule has 1 spiro atoms. The highest BCUT2D eigenvalue weighted by Crippen LogP contribution is 2.42. The first-order chi connectivity index (χ1) is 12.5. The van der Waals surface area contributed by atoms with Crippen molar-refractivity contribution in [3.8, 4) is 0 Å². The van der Waals surface area contributed by atoms with E-state index in [0.29, 0.717) is 0 Å². The van der Waals surface area contributed by atoms with Gasteiger partial charge in [0.15, 0.2) is 0 Å². The molecule has 0 radical (unpaired) electrons. The van der Waals surface area contributed by atoms with Crippen molar-refractivity contribution in [1.29, 1.82) is 0 Å². The van der Waals surface area contributed by atoms with E-state index in [1.54, 1.807) is 11.9 Å². The molecule has 0 aliphatic carbocycles. The number of likely N-dealkylation sites (tertiary alicyclic amines) is 2. The lowest BCUT2D eigenvalue weighted by Crippen LogP contribution is -2.56. The van der Waals surface area contributed by atoms with Crippen LogP contribution in [0.1, 0.15) is 19.3 Å². The molecule has 1 atom stereocenters. The lowest BCUT2D eigenvalue weighted by molar-refractivity contribution is -0.146. The Balaban J connectivity index is 1.40. The first-order valence-corrected chi connectivity index (χ1v) is 9.13. The maximum atomic E-state index is 12.1. The first kappa shape index (κ1) is 17.0. The molecule has 138 valence electrons. The summed E-state index contributed by atoms with van der Waals surface area (Å²) in [5.74, 6) is -1.48. The van der Waals surface area contributed by atoms with Crippen LogP contribution >= 0.6 is 0 Å². The van der Waals surface area contributed by atoms with Crippen molar-refractivity contribution in [2.45, 2.75) is 31.3 Å². The molecule has 1 aromatic carbocycles. The smallest absolute Gasteiger partial charge is 0.309 e. The molecule has 2 aliphatic heterocycles. The van der Waals surface area contributed by atoms with Crippen molar-refractivity contribution < 1.29 is 14.7 Å². The molecular formula is C19H24N4O3. The molecule has 1 aromatic heterocycles. The Morgan fingerprint density at radius 1 is 1.27 bits per heavy atom. The molecule has 4 rings (SSSR count). The predicted molar refractivity (Wildman–Crippen MR) is 96.7 cm³/mol. The van der Waals surface area contributed by atoms with E-state index in [4.69, 9.17) is 0 Å². The van der Waals surface area contributed by atoms with Crippen LogP contribution in [-0.2, 0) is 16.1 Å². The van der Waals surface area contributed by atoms with Crippen LogP contribution in [0.25, 0.3) is 11.0 Å². The molecule has 0 bridgehead atoms. The summed E-state index contributed by atoms with van der Waals surface area (Å²) in [6, 6.07) is 8.09. The number of aromatic nitrogens is 2. The number of hydrogen-bond donors (Lipinski definition) is 1. The SMILES string of the molecule is CN1C(=O)CC(C(=O)O)C12CCN(CCn1cnc3ccccc31)CC2. The molecule has 2 fully saturated rings. The van der Waals surface area contributed by atoms with Gasteiger partial charge in [0, 0.05) is 39.6 Å². The maximum Gasteiger partial charge on any atom is 0.309 e. The zero-order valence-electron chi connectivity index (χ0n) is 15.0. The largest absolute Gasteiger partial charge is 0.481 e. The van der Waals surface area contributed by atoms with E-state index < -0.39 is 17.4 Å². The maximum absolute atomic E-state index is 12.1. The number of aliphatic carboxylic acids is 1. The van der Waals surface area contributed by atoms with Crippen molar-refractivity contribution >= 4 is 22.9 Å². The lowest BCUT2D eigenvalue weighted by Gasteiger charge is -2.45. The molecule has 1 unspecified atom stereocenters. The molecule has 3 heterocycles. The summed E-state index contributed by atoms with van der Waals surface area (Å²) in [5.41, 5.74) is 1.62. The van der Waals surface area contributed by atoms with E-state index in [9.17, 15) is 14.7 Å². The summed E-state index contributed by atoms with van der Waals surface area (Å²) in [7, 11) is 1.76. The number of fused-ring (bicyclic) bond motifs is 1. The normalized spacial score (nSPS) is 23.2. The molecule has 2 aromatic rings. The Morgan fingerprint density at radius 3 is 2.73 bits per heavy atom. The van der Waals surface area contributed by atoms with Crippen molar-refractivity contribution in [3.05, 3.63) is 30.6 Å². The summed E-state index contributed by atoms with van der Waals surface area (Å²) in [5, 5.41) is 9.56. The second-order valence-corrected chi connectivity index (χ2v) is 7.42. The minimum Gasteiger partial charge on any atom is -0.481 e. The van der Waals surface area contributed by atoms with Gasteiger partial charge in [-0.3, -0.25) is 9.59 Å². The van der Waals surface area contributed by atoms with Gasteiger partial charge < -0.3 is 19.5 Å². The number of para-hydroxylation sites is 2. The van der Waals surface area contributed by atoms with E-state index in [0.717, 1.165) is 50.1 Å². The highest BCUT2D eigenvalue weighted by atomic mass is 16.4. The fraction of sp³-hybridized carbons (Fsp3) is 0.526.